The van der Waals surface area contributed by atoms with Gasteiger partial charge >= 0.3 is 6.18 Å². The average molecular weight is 553 g/mol. The predicted octanol–water partition coefficient (Wildman–Crippen LogP) is 5.59. The van der Waals surface area contributed by atoms with E-state index in [0.717, 1.165) is 61.1 Å². The van der Waals surface area contributed by atoms with E-state index in [0.29, 0.717) is 22.9 Å². The van der Waals surface area contributed by atoms with Gasteiger partial charge in [0.2, 0.25) is 0 Å². The van der Waals surface area contributed by atoms with Gasteiger partial charge in [-0.25, -0.2) is 0 Å². The van der Waals surface area contributed by atoms with Gasteiger partial charge in [-0.2, -0.15) is 13.2 Å². The van der Waals surface area contributed by atoms with Crippen LogP contribution in [0.25, 0.3) is 11.4 Å². The molecule has 11 heteroatoms. The Morgan fingerprint density at radius 3 is 2.59 bits per heavy atom. The maximum Gasteiger partial charge on any atom is 0.416 e. The van der Waals surface area contributed by atoms with Gasteiger partial charge in [0.15, 0.2) is 16.8 Å². The summed E-state index contributed by atoms with van der Waals surface area (Å²) in [6, 6.07) is 10.4. The van der Waals surface area contributed by atoms with Crippen LogP contribution >= 0.6 is 24.2 Å². The van der Waals surface area contributed by atoms with Crippen LogP contribution in [-0.4, -0.2) is 55.9 Å². The van der Waals surface area contributed by atoms with Crippen molar-refractivity contribution < 1.29 is 23.1 Å². The summed E-state index contributed by atoms with van der Waals surface area (Å²) in [5.41, 5.74) is 1.53. The highest BCUT2D eigenvalue weighted by Gasteiger charge is 2.60. The number of phenolic OH excluding ortho intramolecular Hbond substituents is 1. The Morgan fingerprint density at radius 1 is 1.19 bits per heavy atom. The molecule has 198 valence electrons. The highest BCUT2D eigenvalue weighted by Crippen LogP contribution is 2.59. The van der Waals surface area contributed by atoms with Crippen LogP contribution in [-0.2, 0) is 18.6 Å². The van der Waals surface area contributed by atoms with Crippen molar-refractivity contribution in [3.63, 3.8) is 0 Å². The minimum absolute atomic E-state index is 0. The van der Waals surface area contributed by atoms with Crippen molar-refractivity contribution in [2.75, 3.05) is 25.4 Å². The van der Waals surface area contributed by atoms with Gasteiger partial charge in [-0.3, -0.25) is 4.79 Å². The number of hydrogen-bond donors (Lipinski definition) is 1. The number of rotatable bonds is 8. The summed E-state index contributed by atoms with van der Waals surface area (Å²) in [6.07, 6.45) is -2.28. The van der Waals surface area contributed by atoms with E-state index >= 15 is 0 Å². The number of carbonyl (C=O) groups excluding carboxylic acids is 1. The molecule has 1 N–H and O–H groups in total. The van der Waals surface area contributed by atoms with Crippen LogP contribution < -0.4 is 0 Å². The first-order valence-corrected chi connectivity index (χ1v) is 12.8. The van der Waals surface area contributed by atoms with E-state index in [1.165, 1.54) is 19.1 Å². The van der Waals surface area contributed by atoms with Gasteiger partial charge in [-0.1, -0.05) is 30.0 Å². The molecule has 3 aromatic rings. The van der Waals surface area contributed by atoms with E-state index in [9.17, 15) is 23.1 Å². The van der Waals surface area contributed by atoms with Crippen molar-refractivity contribution in [2.24, 2.45) is 13.0 Å². The highest BCUT2D eigenvalue weighted by atomic mass is 35.5. The fraction of sp³-hybridized carbons (Fsp3) is 0.423. The van der Waals surface area contributed by atoms with Crippen molar-refractivity contribution in [3.05, 3.63) is 59.2 Å². The monoisotopic (exact) mass is 552 g/mol. The molecule has 1 unspecified atom stereocenters. The molecule has 1 aliphatic carbocycles. The van der Waals surface area contributed by atoms with E-state index in [1.807, 2.05) is 23.7 Å². The van der Waals surface area contributed by atoms with E-state index in [-0.39, 0.29) is 29.4 Å². The molecule has 0 amide bonds. The number of benzene rings is 2. The maximum absolute atomic E-state index is 12.8. The number of likely N-dealkylation sites (tertiary alicyclic amines) is 1. The van der Waals surface area contributed by atoms with Crippen molar-refractivity contribution in [1.82, 2.24) is 19.7 Å². The smallest absolute Gasteiger partial charge is 0.416 e. The third kappa shape index (κ3) is 5.37. The van der Waals surface area contributed by atoms with Crippen molar-refractivity contribution in [1.29, 1.82) is 0 Å². The molecule has 1 aromatic heterocycles. The molecule has 2 aliphatic rings. The summed E-state index contributed by atoms with van der Waals surface area (Å²) in [5, 5.41) is 19.1. The lowest BCUT2D eigenvalue weighted by Crippen LogP contribution is -2.28. The second-order valence-electron chi connectivity index (χ2n) is 9.72. The van der Waals surface area contributed by atoms with Gasteiger partial charge < -0.3 is 14.6 Å². The maximum atomic E-state index is 12.8. The molecular weight excluding hydrogens is 525 g/mol. The molecule has 0 spiro atoms. The number of piperidine rings is 1. The highest BCUT2D eigenvalue weighted by molar-refractivity contribution is 7.99. The standard InChI is InChI=1S/C26H27F3N4O2S.ClH/c1-16(34)21-12-19(8-9-22(21)35)25-13-20(25)14-33(15-25)10-3-11-36-24-31-30-23(32(24)2)17-4-6-18(7-5-17)26(27,28)29;/h4-9,12,20,35H,3,10-11,13-15H2,1-2H3;1H/t20-,25?;/m1./s1. The van der Waals surface area contributed by atoms with Crippen LogP contribution in [0.1, 0.15) is 41.3 Å². The molecule has 0 bridgehead atoms. The van der Waals surface area contributed by atoms with Gasteiger partial charge in [-0.15, -0.1) is 22.6 Å². The molecule has 2 atom stereocenters. The molecule has 1 saturated heterocycles. The SMILES string of the molecule is CC(=O)c1cc(C23C[C@@H]2CN(CCCSc2nnc(-c4ccc(C(F)(F)F)cc4)n2C)C3)ccc1O.Cl. The Hall–Kier alpha value is -2.56. The van der Waals surface area contributed by atoms with Gasteiger partial charge in [-0.05, 0) is 62.1 Å². The van der Waals surface area contributed by atoms with Crippen molar-refractivity contribution in [3.8, 4) is 17.1 Å². The summed E-state index contributed by atoms with van der Waals surface area (Å²) in [4.78, 5) is 14.3. The Kier molecular flexibility index (Phi) is 7.65. The number of Topliss-reactive ketones (excluding diaryl/α,β-unsaturated/α-hetero) is 1. The van der Waals surface area contributed by atoms with Crippen LogP contribution in [0, 0.1) is 5.92 Å². The molecule has 37 heavy (non-hydrogen) atoms. The third-order valence-corrected chi connectivity index (χ3v) is 8.43. The predicted molar refractivity (Wildman–Crippen MR) is 138 cm³/mol. The number of alkyl halides is 3. The van der Waals surface area contributed by atoms with Crippen molar-refractivity contribution in [2.45, 2.75) is 36.5 Å². The number of phenols is 1. The zero-order valence-electron chi connectivity index (χ0n) is 20.5. The van der Waals surface area contributed by atoms with Gasteiger partial charge in [0.1, 0.15) is 5.75 Å². The average Bonchev–Trinajstić information content (AvgIpc) is 3.21. The van der Waals surface area contributed by atoms with Crippen LogP contribution in [0.3, 0.4) is 0 Å². The lowest BCUT2D eigenvalue weighted by atomic mass is 9.92. The Morgan fingerprint density at radius 2 is 1.92 bits per heavy atom. The number of aromatic hydroxyl groups is 1. The molecule has 6 nitrogen and oxygen atoms in total. The molecule has 2 fully saturated rings. The molecule has 2 heterocycles. The Bertz CT molecular complexity index is 1300. The first-order valence-electron chi connectivity index (χ1n) is 11.8. The first kappa shape index (κ1) is 27.5. The van der Waals surface area contributed by atoms with Gasteiger partial charge in [0.05, 0.1) is 11.1 Å². The number of fused-ring (bicyclic) bond motifs is 1. The van der Waals surface area contributed by atoms with Crippen LogP contribution in [0.15, 0.2) is 47.6 Å². The molecule has 0 radical (unpaired) electrons. The van der Waals surface area contributed by atoms with Crippen LogP contribution in [0.5, 0.6) is 5.75 Å². The minimum Gasteiger partial charge on any atom is -0.507 e. The minimum atomic E-state index is -4.36. The van der Waals surface area contributed by atoms with Crippen molar-refractivity contribution >= 4 is 30.0 Å². The summed E-state index contributed by atoms with van der Waals surface area (Å²) in [6.45, 7) is 4.41. The van der Waals surface area contributed by atoms with E-state index in [2.05, 4.69) is 15.1 Å². The van der Waals surface area contributed by atoms with Crippen LogP contribution in [0.2, 0.25) is 0 Å². The normalized spacial score (nSPS) is 20.9. The molecule has 5 rings (SSSR count). The third-order valence-electron chi connectivity index (χ3n) is 7.32. The number of carbonyl (C=O) groups is 1. The van der Waals surface area contributed by atoms with Gasteiger partial charge in [0, 0.05) is 36.9 Å². The topological polar surface area (TPSA) is 71.2 Å². The zero-order valence-corrected chi connectivity index (χ0v) is 22.1. The summed E-state index contributed by atoms with van der Waals surface area (Å²) in [7, 11) is 1.82. The second kappa shape index (κ2) is 10.3. The fourth-order valence-corrected chi connectivity index (χ4v) is 6.12. The van der Waals surface area contributed by atoms with E-state index in [1.54, 1.807) is 17.8 Å². The van der Waals surface area contributed by atoms with Gasteiger partial charge in [0.25, 0.3) is 0 Å². The first-order chi connectivity index (χ1) is 17.1. The Balaban J connectivity index is 0.00000320. The van der Waals surface area contributed by atoms with E-state index < -0.39 is 11.7 Å². The van der Waals surface area contributed by atoms with E-state index in [4.69, 9.17) is 0 Å². The zero-order chi connectivity index (χ0) is 25.7. The number of thioether (sulfide) groups is 1. The quantitative estimate of drug-likeness (QED) is 0.223. The summed E-state index contributed by atoms with van der Waals surface area (Å²) >= 11 is 1.58. The second-order valence-corrected chi connectivity index (χ2v) is 10.8. The molecule has 1 aliphatic heterocycles. The lowest BCUT2D eigenvalue weighted by molar-refractivity contribution is -0.137. The summed E-state index contributed by atoms with van der Waals surface area (Å²) < 4.78 is 40.3. The summed E-state index contributed by atoms with van der Waals surface area (Å²) in [5.74, 6) is 1.88. The number of nitrogens with zero attached hydrogens (tertiary/aromatic N) is 4. The number of aromatic nitrogens is 3. The molecule has 2 aromatic carbocycles. The molecular formula is C26H28ClF3N4O2S. The fourth-order valence-electron chi connectivity index (χ4n) is 5.28. The largest absolute Gasteiger partial charge is 0.507 e. The number of hydrogen-bond acceptors (Lipinski definition) is 6. The van der Waals surface area contributed by atoms with Crippen LogP contribution in [0.4, 0.5) is 13.2 Å². The Labute approximate surface area is 223 Å². The lowest BCUT2D eigenvalue weighted by Gasteiger charge is -2.21. The molecule has 1 saturated carbocycles. The number of halogens is 4. The number of ketones is 1.